The lowest BCUT2D eigenvalue weighted by atomic mass is 10.1. The second-order valence-electron chi connectivity index (χ2n) is 4.27. The zero-order valence-electron chi connectivity index (χ0n) is 10.7. The highest BCUT2D eigenvalue weighted by Crippen LogP contribution is 2.17. The molecule has 3 nitrogen and oxygen atoms in total. The Labute approximate surface area is 98.7 Å². The van der Waals surface area contributed by atoms with Crippen LogP contribution in [0.4, 0.5) is 0 Å². The van der Waals surface area contributed by atoms with Crippen LogP contribution in [0.1, 0.15) is 56.5 Å². The predicted octanol–water partition coefficient (Wildman–Crippen LogP) is 3.02. The Morgan fingerprint density at radius 1 is 1.19 bits per heavy atom. The van der Waals surface area contributed by atoms with E-state index in [0.29, 0.717) is 6.04 Å². The van der Waals surface area contributed by atoms with E-state index in [1.807, 2.05) is 26.4 Å². The van der Waals surface area contributed by atoms with Crippen molar-refractivity contribution in [1.29, 1.82) is 0 Å². The quantitative estimate of drug-likeness (QED) is 0.719. The van der Waals surface area contributed by atoms with Crippen LogP contribution in [-0.2, 0) is 0 Å². The lowest BCUT2D eigenvalue weighted by molar-refractivity contribution is 0.494. The van der Waals surface area contributed by atoms with Gasteiger partial charge in [-0.2, -0.15) is 0 Å². The fourth-order valence-electron chi connectivity index (χ4n) is 1.80. The number of nitrogens with one attached hydrogen (secondary N) is 1. The van der Waals surface area contributed by atoms with Gasteiger partial charge >= 0.3 is 0 Å². The van der Waals surface area contributed by atoms with E-state index in [0.717, 1.165) is 17.8 Å². The highest BCUT2D eigenvalue weighted by Gasteiger charge is 2.10. The van der Waals surface area contributed by atoms with Crippen LogP contribution < -0.4 is 5.32 Å². The molecule has 1 heterocycles. The predicted molar refractivity (Wildman–Crippen MR) is 67.3 cm³/mol. The summed E-state index contributed by atoms with van der Waals surface area (Å²) in [6.07, 6.45) is 10.1. The Morgan fingerprint density at radius 2 is 2.00 bits per heavy atom. The van der Waals surface area contributed by atoms with Gasteiger partial charge < -0.3 is 5.32 Å². The highest BCUT2D eigenvalue weighted by atomic mass is 14.9. The molecule has 0 spiro atoms. The van der Waals surface area contributed by atoms with E-state index < -0.39 is 0 Å². The van der Waals surface area contributed by atoms with Crippen LogP contribution in [0.2, 0.25) is 0 Å². The maximum Gasteiger partial charge on any atom is 0.0756 e. The summed E-state index contributed by atoms with van der Waals surface area (Å²) in [4.78, 5) is 8.71. The molecule has 16 heavy (non-hydrogen) atoms. The van der Waals surface area contributed by atoms with Crippen LogP contribution in [-0.4, -0.2) is 17.0 Å². The topological polar surface area (TPSA) is 37.8 Å². The Kier molecular flexibility index (Phi) is 6.01. The third-order valence-electron chi connectivity index (χ3n) is 2.85. The Balaban J connectivity index is 2.44. The van der Waals surface area contributed by atoms with E-state index >= 15 is 0 Å². The molecular weight excluding hydrogens is 198 g/mol. The molecule has 3 heteroatoms. The van der Waals surface area contributed by atoms with Gasteiger partial charge in [-0.25, -0.2) is 0 Å². The van der Waals surface area contributed by atoms with Crippen molar-refractivity contribution >= 4 is 0 Å². The summed E-state index contributed by atoms with van der Waals surface area (Å²) in [5, 5.41) is 3.31. The van der Waals surface area contributed by atoms with Crippen molar-refractivity contribution in [2.75, 3.05) is 7.05 Å². The molecule has 0 aromatic carbocycles. The molecule has 1 unspecified atom stereocenters. The van der Waals surface area contributed by atoms with E-state index in [1.54, 1.807) is 0 Å². The summed E-state index contributed by atoms with van der Waals surface area (Å²) in [6.45, 7) is 4.20. The molecule has 0 radical (unpaired) electrons. The molecule has 0 aliphatic heterocycles. The Hall–Kier alpha value is -0.960. The first-order valence-electron chi connectivity index (χ1n) is 6.23. The summed E-state index contributed by atoms with van der Waals surface area (Å²) >= 11 is 0. The van der Waals surface area contributed by atoms with E-state index in [2.05, 4.69) is 22.2 Å². The van der Waals surface area contributed by atoms with E-state index in [-0.39, 0.29) is 0 Å². The summed E-state index contributed by atoms with van der Waals surface area (Å²) in [6, 6.07) is 0.352. The van der Waals surface area contributed by atoms with Crippen molar-refractivity contribution in [3.8, 4) is 0 Å². The van der Waals surface area contributed by atoms with Gasteiger partial charge in [0.1, 0.15) is 0 Å². The summed E-state index contributed by atoms with van der Waals surface area (Å²) in [5.41, 5.74) is 2.04. The van der Waals surface area contributed by atoms with Gasteiger partial charge in [-0.3, -0.25) is 9.97 Å². The van der Waals surface area contributed by atoms with Crippen LogP contribution in [0.15, 0.2) is 12.4 Å². The lowest BCUT2D eigenvalue weighted by Gasteiger charge is -2.15. The highest BCUT2D eigenvalue weighted by molar-refractivity contribution is 5.05. The third-order valence-corrected chi connectivity index (χ3v) is 2.85. The number of aryl methyl sites for hydroxylation is 1. The van der Waals surface area contributed by atoms with Crippen molar-refractivity contribution < 1.29 is 0 Å². The summed E-state index contributed by atoms with van der Waals surface area (Å²) in [7, 11) is 1.99. The zero-order valence-corrected chi connectivity index (χ0v) is 10.7. The third kappa shape index (κ3) is 4.27. The number of aromatic nitrogens is 2. The standard InChI is InChI=1S/C13H23N3/c1-4-5-6-7-8-12(14-3)13-10-15-11(2)9-16-13/h9-10,12,14H,4-8H2,1-3H3. The van der Waals surface area contributed by atoms with Gasteiger partial charge in [0.05, 0.1) is 23.6 Å². The van der Waals surface area contributed by atoms with Crippen molar-refractivity contribution in [2.24, 2.45) is 0 Å². The average molecular weight is 221 g/mol. The molecule has 1 rings (SSSR count). The van der Waals surface area contributed by atoms with Crippen LogP contribution in [0.25, 0.3) is 0 Å². The molecule has 1 aromatic heterocycles. The molecule has 1 atom stereocenters. The van der Waals surface area contributed by atoms with E-state index in [1.165, 1.54) is 25.7 Å². The zero-order chi connectivity index (χ0) is 11.8. The van der Waals surface area contributed by atoms with Crippen molar-refractivity contribution in [3.05, 3.63) is 23.8 Å². The second kappa shape index (κ2) is 7.34. The number of unbranched alkanes of at least 4 members (excludes halogenated alkanes) is 3. The average Bonchev–Trinajstić information content (AvgIpc) is 2.31. The van der Waals surface area contributed by atoms with Gasteiger partial charge in [0.2, 0.25) is 0 Å². The summed E-state index contributed by atoms with van der Waals surface area (Å²) in [5.74, 6) is 0. The van der Waals surface area contributed by atoms with Crippen LogP contribution in [0.5, 0.6) is 0 Å². The molecular formula is C13H23N3. The largest absolute Gasteiger partial charge is 0.312 e. The number of hydrogen-bond acceptors (Lipinski definition) is 3. The molecule has 0 amide bonds. The van der Waals surface area contributed by atoms with Gasteiger partial charge in [-0.05, 0) is 20.4 Å². The normalized spacial score (nSPS) is 12.7. The van der Waals surface area contributed by atoms with Crippen molar-refractivity contribution in [3.63, 3.8) is 0 Å². The molecule has 1 aromatic rings. The van der Waals surface area contributed by atoms with Crippen LogP contribution in [0, 0.1) is 6.92 Å². The molecule has 0 bridgehead atoms. The minimum Gasteiger partial charge on any atom is -0.312 e. The SMILES string of the molecule is CCCCCCC(NC)c1cnc(C)cn1. The minimum atomic E-state index is 0.352. The van der Waals surface area contributed by atoms with Gasteiger partial charge in [0, 0.05) is 6.20 Å². The number of rotatable bonds is 7. The molecule has 90 valence electrons. The first-order valence-corrected chi connectivity index (χ1v) is 6.23. The molecule has 0 saturated carbocycles. The smallest absolute Gasteiger partial charge is 0.0756 e. The molecule has 0 saturated heterocycles. The number of nitrogens with zero attached hydrogens (tertiary/aromatic N) is 2. The summed E-state index contributed by atoms with van der Waals surface area (Å²) < 4.78 is 0. The first-order chi connectivity index (χ1) is 7.77. The molecule has 1 N–H and O–H groups in total. The molecule has 0 aliphatic rings. The first kappa shape index (κ1) is 13.1. The van der Waals surface area contributed by atoms with E-state index in [4.69, 9.17) is 0 Å². The van der Waals surface area contributed by atoms with Gasteiger partial charge in [0.25, 0.3) is 0 Å². The van der Waals surface area contributed by atoms with Crippen LogP contribution in [0.3, 0.4) is 0 Å². The molecule has 0 fully saturated rings. The second-order valence-corrected chi connectivity index (χ2v) is 4.27. The monoisotopic (exact) mass is 221 g/mol. The van der Waals surface area contributed by atoms with Gasteiger partial charge in [-0.1, -0.05) is 32.6 Å². The maximum absolute atomic E-state index is 4.42. The van der Waals surface area contributed by atoms with Crippen LogP contribution >= 0.6 is 0 Å². The minimum absolute atomic E-state index is 0.352. The number of hydrogen-bond donors (Lipinski definition) is 1. The van der Waals surface area contributed by atoms with Crippen molar-refractivity contribution in [1.82, 2.24) is 15.3 Å². The Morgan fingerprint density at radius 3 is 2.56 bits per heavy atom. The lowest BCUT2D eigenvalue weighted by Crippen LogP contribution is -2.17. The fraction of sp³-hybridized carbons (Fsp3) is 0.692. The fourth-order valence-corrected chi connectivity index (χ4v) is 1.80. The Bertz CT molecular complexity index is 282. The molecule has 0 aliphatic carbocycles. The van der Waals surface area contributed by atoms with Crippen molar-refractivity contribution in [2.45, 2.75) is 52.0 Å². The van der Waals surface area contributed by atoms with Gasteiger partial charge in [0.15, 0.2) is 0 Å². The van der Waals surface area contributed by atoms with E-state index in [9.17, 15) is 0 Å². The maximum atomic E-state index is 4.42. The van der Waals surface area contributed by atoms with Gasteiger partial charge in [-0.15, -0.1) is 0 Å².